The van der Waals surface area contributed by atoms with Crippen LogP contribution in [0.5, 0.6) is 5.75 Å². The van der Waals surface area contributed by atoms with E-state index in [0.29, 0.717) is 60.5 Å². The molecule has 1 amide bonds. The largest absolute Gasteiger partial charge is 0.493 e. The number of aromatic nitrogens is 3. The van der Waals surface area contributed by atoms with Crippen molar-refractivity contribution in [2.24, 2.45) is 5.92 Å². The summed E-state index contributed by atoms with van der Waals surface area (Å²) in [5.41, 5.74) is 1.99. The highest BCUT2D eigenvalue weighted by Crippen LogP contribution is 2.35. The summed E-state index contributed by atoms with van der Waals surface area (Å²) in [7, 11) is 1.55. The number of fused-ring (bicyclic) bond motifs is 1. The third kappa shape index (κ3) is 4.55. The molecule has 2 N–H and O–H groups in total. The van der Waals surface area contributed by atoms with Crippen LogP contribution in [0.3, 0.4) is 0 Å². The molecule has 5 rings (SSSR count). The molecule has 2 aliphatic rings. The molecule has 1 saturated carbocycles. The van der Waals surface area contributed by atoms with Gasteiger partial charge in [0.1, 0.15) is 0 Å². The zero-order chi connectivity index (χ0) is 23.8. The van der Waals surface area contributed by atoms with Crippen molar-refractivity contribution in [3.8, 4) is 5.75 Å². The molecule has 9 nitrogen and oxygen atoms in total. The number of rotatable bonds is 6. The summed E-state index contributed by atoms with van der Waals surface area (Å²) in [5, 5.41) is 18.1. The Morgan fingerprint density at radius 2 is 2.18 bits per heavy atom. The predicted molar refractivity (Wildman–Crippen MR) is 127 cm³/mol. The molecule has 3 heterocycles. The summed E-state index contributed by atoms with van der Waals surface area (Å²) >= 11 is 6.06. The highest BCUT2D eigenvalue weighted by Gasteiger charge is 2.42. The van der Waals surface area contributed by atoms with E-state index in [1.54, 1.807) is 23.9 Å². The number of aliphatic hydroxyl groups excluding tert-OH is 1. The van der Waals surface area contributed by atoms with Crippen LogP contribution in [0.2, 0.25) is 5.02 Å². The first kappa shape index (κ1) is 22.9. The number of carbonyl (C=O) groups excluding carboxylic acids is 1. The van der Waals surface area contributed by atoms with Gasteiger partial charge in [0, 0.05) is 24.3 Å². The first-order valence-electron chi connectivity index (χ1n) is 11.4. The molecule has 0 bridgehead atoms. The average Bonchev–Trinajstić information content (AvgIpc) is 3.23. The van der Waals surface area contributed by atoms with Gasteiger partial charge in [-0.05, 0) is 49.4 Å². The van der Waals surface area contributed by atoms with Gasteiger partial charge in [0.05, 0.1) is 37.5 Å². The number of nitrogens with zero attached hydrogens (tertiary/aromatic N) is 4. The van der Waals surface area contributed by atoms with Crippen LogP contribution >= 0.6 is 11.6 Å². The smallest absolute Gasteiger partial charge is 0.255 e. The predicted octanol–water partition coefficient (Wildman–Crippen LogP) is 3.00. The van der Waals surface area contributed by atoms with Crippen molar-refractivity contribution in [1.29, 1.82) is 0 Å². The van der Waals surface area contributed by atoms with E-state index in [2.05, 4.69) is 15.4 Å². The van der Waals surface area contributed by atoms with Crippen LogP contribution in [-0.4, -0.2) is 69.0 Å². The lowest BCUT2D eigenvalue weighted by Gasteiger charge is -2.47. The number of carbonyl (C=O) groups is 1. The van der Waals surface area contributed by atoms with Crippen molar-refractivity contribution in [2.45, 2.75) is 44.6 Å². The van der Waals surface area contributed by atoms with E-state index in [4.69, 9.17) is 21.1 Å². The van der Waals surface area contributed by atoms with Crippen LogP contribution in [0, 0.1) is 5.92 Å². The fourth-order valence-corrected chi connectivity index (χ4v) is 4.89. The summed E-state index contributed by atoms with van der Waals surface area (Å²) in [6, 6.07) is 9.21. The highest BCUT2D eigenvalue weighted by atomic mass is 35.5. The van der Waals surface area contributed by atoms with Crippen LogP contribution in [0.4, 0.5) is 5.95 Å². The zero-order valence-electron chi connectivity index (χ0n) is 19.1. The standard InChI is InChI=1S/C24H28ClN5O4/c1-14-11-29(20(13-34-14)16-7-19(31)8-16)23(32)17-9-21(33-2)22-27-24(28-30(22)12-17)26-10-15-4-3-5-18(25)6-15/h3-6,9,12,14,16,19-20,31H,7-8,10-11,13H2,1-2H3,(H,26,28). The molecule has 2 aromatic heterocycles. The van der Waals surface area contributed by atoms with E-state index in [1.807, 2.05) is 36.1 Å². The molecule has 0 radical (unpaired) electrons. The minimum absolute atomic E-state index is 0.0514. The van der Waals surface area contributed by atoms with Crippen molar-refractivity contribution >= 4 is 29.1 Å². The van der Waals surface area contributed by atoms with Crippen LogP contribution < -0.4 is 10.1 Å². The molecule has 34 heavy (non-hydrogen) atoms. The van der Waals surface area contributed by atoms with Gasteiger partial charge in [-0.3, -0.25) is 4.79 Å². The van der Waals surface area contributed by atoms with Gasteiger partial charge in [0.25, 0.3) is 5.91 Å². The molecule has 2 atom stereocenters. The maximum atomic E-state index is 13.6. The van der Waals surface area contributed by atoms with E-state index in [-0.39, 0.29) is 30.1 Å². The maximum absolute atomic E-state index is 13.6. The van der Waals surface area contributed by atoms with Crippen molar-refractivity contribution in [2.75, 3.05) is 25.6 Å². The molecule has 1 saturated heterocycles. The van der Waals surface area contributed by atoms with Gasteiger partial charge in [-0.15, -0.1) is 5.10 Å². The second kappa shape index (κ2) is 9.40. The maximum Gasteiger partial charge on any atom is 0.255 e. The minimum atomic E-state index is -0.286. The topological polar surface area (TPSA) is 101 Å². The molecule has 2 unspecified atom stereocenters. The van der Waals surface area contributed by atoms with Crippen LogP contribution in [-0.2, 0) is 11.3 Å². The molecule has 1 aliphatic carbocycles. The number of hydrogen-bond donors (Lipinski definition) is 2. The molecule has 10 heteroatoms. The van der Waals surface area contributed by atoms with E-state index >= 15 is 0 Å². The average molecular weight is 486 g/mol. The number of hydrogen-bond acceptors (Lipinski definition) is 7. The lowest BCUT2D eigenvalue weighted by molar-refractivity contribution is -0.0894. The van der Waals surface area contributed by atoms with E-state index in [1.165, 1.54) is 0 Å². The third-order valence-corrected chi connectivity index (χ3v) is 6.80. The fraction of sp³-hybridized carbons (Fsp3) is 0.458. The number of amides is 1. The number of halogens is 1. The van der Waals surface area contributed by atoms with Gasteiger partial charge in [0.2, 0.25) is 5.95 Å². The third-order valence-electron chi connectivity index (χ3n) is 6.57. The number of aliphatic hydroxyl groups is 1. The van der Waals surface area contributed by atoms with Gasteiger partial charge in [-0.2, -0.15) is 4.98 Å². The molecule has 180 valence electrons. The van der Waals surface area contributed by atoms with E-state index in [9.17, 15) is 9.90 Å². The fourth-order valence-electron chi connectivity index (χ4n) is 4.68. The molecule has 1 aromatic carbocycles. The van der Waals surface area contributed by atoms with Crippen molar-refractivity contribution in [1.82, 2.24) is 19.5 Å². The normalized spacial score (nSPS) is 24.6. The highest BCUT2D eigenvalue weighted by molar-refractivity contribution is 6.30. The van der Waals surface area contributed by atoms with E-state index in [0.717, 1.165) is 5.56 Å². The molecule has 0 spiro atoms. The van der Waals surface area contributed by atoms with Crippen molar-refractivity contribution < 1.29 is 19.4 Å². The Morgan fingerprint density at radius 1 is 1.35 bits per heavy atom. The second-order valence-electron chi connectivity index (χ2n) is 9.04. The van der Waals surface area contributed by atoms with Crippen LogP contribution in [0.1, 0.15) is 35.7 Å². The van der Waals surface area contributed by atoms with E-state index < -0.39 is 0 Å². The Kier molecular flexibility index (Phi) is 6.33. The van der Waals surface area contributed by atoms with Gasteiger partial charge in [0.15, 0.2) is 11.4 Å². The first-order valence-corrected chi connectivity index (χ1v) is 11.8. The lowest BCUT2D eigenvalue weighted by Crippen LogP contribution is -2.57. The van der Waals surface area contributed by atoms with Gasteiger partial charge in [-0.25, -0.2) is 4.52 Å². The molecule has 2 fully saturated rings. The number of pyridine rings is 1. The summed E-state index contributed by atoms with van der Waals surface area (Å²) in [4.78, 5) is 20.0. The zero-order valence-corrected chi connectivity index (χ0v) is 19.9. The molecular weight excluding hydrogens is 458 g/mol. The summed E-state index contributed by atoms with van der Waals surface area (Å²) in [5.74, 6) is 1.02. The Hall–Kier alpha value is -2.88. The molecule has 1 aliphatic heterocycles. The van der Waals surface area contributed by atoms with Crippen molar-refractivity contribution in [3.63, 3.8) is 0 Å². The number of ether oxygens (including phenoxy) is 2. The number of anilines is 1. The molecular formula is C24H28ClN5O4. The van der Waals surface area contributed by atoms with Crippen LogP contribution in [0.15, 0.2) is 36.5 Å². The quantitative estimate of drug-likeness (QED) is 0.553. The Balaban J connectivity index is 1.39. The van der Waals surface area contributed by atoms with Gasteiger partial charge in [-0.1, -0.05) is 23.7 Å². The summed E-state index contributed by atoms with van der Waals surface area (Å²) in [6.07, 6.45) is 2.73. The number of morpholine rings is 1. The minimum Gasteiger partial charge on any atom is -0.493 e. The summed E-state index contributed by atoms with van der Waals surface area (Å²) in [6.45, 7) is 3.45. The number of methoxy groups -OCH3 is 1. The van der Waals surface area contributed by atoms with Gasteiger partial charge < -0.3 is 24.8 Å². The molecule has 3 aromatic rings. The second-order valence-corrected chi connectivity index (χ2v) is 9.47. The number of nitrogens with one attached hydrogen (secondary N) is 1. The van der Waals surface area contributed by atoms with Crippen molar-refractivity contribution in [3.05, 3.63) is 52.7 Å². The SMILES string of the molecule is COc1cc(C(=O)N2CC(C)OCC2C2CC(O)C2)cn2nc(NCc3cccc(Cl)c3)nc12. The Labute approximate surface area is 202 Å². The number of benzene rings is 1. The lowest BCUT2D eigenvalue weighted by atomic mass is 9.76. The monoisotopic (exact) mass is 485 g/mol. The summed E-state index contributed by atoms with van der Waals surface area (Å²) < 4.78 is 13.0. The van der Waals surface area contributed by atoms with Crippen LogP contribution in [0.25, 0.3) is 5.65 Å². The first-order chi connectivity index (χ1) is 16.4. The Morgan fingerprint density at radius 3 is 2.91 bits per heavy atom. The Bertz CT molecular complexity index is 1200. The van der Waals surface area contributed by atoms with Gasteiger partial charge >= 0.3 is 0 Å².